The summed E-state index contributed by atoms with van der Waals surface area (Å²) in [6.45, 7) is 3.91. The molecule has 2 aromatic rings. The van der Waals surface area contributed by atoms with Crippen LogP contribution in [0.4, 0.5) is 5.69 Å². The van der Waals surface area contributed by atoms with Crippen molar-refractivity contribution in [2.75, 3.05) is 31.1 Å². The van der Waals surface area contributed by atoms with Gasteiger partial charge in [0.15, 0.2) is 0 Å². The number of phenolic OH excluding ortho intramolecular Hbond substituents is 1. The number of halogens is 2. The molecule has 1 aliphatic heterocycles. The highest BCUT2D eigenvalue weighted by molar-refractivity contribution is 6.36. The Morgan fingerprint density at radius 3 is 2.33 bits per heavy atom. The van der Waals surface area contributed by atoms with Gasteiger partial charge in [-0.2, -0.15) is 0 Å². The quantitative estimate of drug-likeness (QED) is 0.886. The maximum atomic E-state index is 9.38. The SMILES string of the molecule is Cl.Oc1ccc(-c2cccc(N3CCNCC3)c2Cl)cc1. The first-order valence-corrected chi connectivity index (χ1v) is 7.17. The van der Waals surface area contributed by atoms with Gasteiger partial charge in [0.25, 0.3) is 0 Å². The van der Waals surface area contributed by atoms with E-state index in [0.717, 1.165) is 48.0 Å². The van der Waals surface area contributed by atoms with Crippen LogP contribution in [0.25, 0.3) is 11.1 Å². The molecule has 0 atom stereocenters. The molecule has 1 fully saturated rings. The molecule has 3 rings (SSSR count). The maximum absolute atomic E-state index is 9.38. The normalized spacial score (nSPS) is 14.6. The van der Waals surface area contributed by atoms with E-state index in [-0.39, 0.29) is 18.2 Å². The molecular weight excluding hydrogens is 307 g/mol. The van der Waals surface area contributed by atoms with Crippen molar-refractivity contribution in [1.82, 2.24) is 5.32 Å². The van der Waals surface area contributed by atoms with Crippen molar-refractivity contribution < 1.29 is 5.11 Å². The fourth-order valence-corrected chi connectivity index (χ4v) is 2.89. The molecule has 0 bridgehead atoms. The molecule has 2 N–H and O–H groups in total. The summed E-state index contributed by atoms with van der Waals surface area (Å²) in [5.74, 6) is 0.267. The predicted octanol–water partition coefficient (Wildman–Crippen LogP) is 3.54. The van der Waals surface area contributed by atoms with Crippen LogP contribution in [0.3, 0.4) is 0 Å². The zero-order valence-electron chi connectivity index (χ0n) is 11.6. The minimum atomic E-state index is 0. The van der Waals surface area contributed by atoms with Crippen LogP contribution in [-0.4, -0.2) is 31.3 Å². The number of rotatable bonds is 2. The van der Waals surface area contributed by atoms with Crippen molar-refractivity contribution in [3.05, 3.63) is 47.5 Å². The molecule has 0 radical (unpaired) electrons. The van der Waals surface area contributed by atoms with Crippen LogP contribution < -0.4 is 10.2 Å². The van der Waals surface area contributed by atoms with E-state index in [0.29, 0.717) is 0 Å². The third-order valence-corrected chi connectivity index (χ3v) is 4.01. The third kappa shape index (κ3) is 3.43. The zero-order valence-corrected chi connectivity index (χ0v) is 13.1. The molecule has 5 heteroatoms. The van der Waals surface area contributed by atoms with Crippen LogP contribution in [0.1, 0.15) is 0 Å². The van der Waals surface area contributed by atoms with Crippen LogP contribution >= 0.6 is 24.0 Å². The molecule has 0 aromatic heterocycles. The second-order valence-electron chi connectivity index (χ2n) is 4.92. The van der Waals surface area contributed by atoms with Gasteiger partial charge in [0.1, 0.15) is 5.75 Å². The van der Waals surface area contributed by atoms with Crippen molar-refractivity contribution >= 4 is 29.7 Å². The lowest BCUT2D eigenvalue weighted by atomic mass is 10.0. The molecule has 21 heavy (non-hydrogen) atoms. The summed E-state index contributed by atoms with van der Waals surface area (Å²) in [5, 5.41) is 13.5. The van der Waals surface area contributed by atoms with E-state index in [2.05, 4.69) is 16.3 Å². The minimum absolute atomic E-state index is 0. The van der Waals surface area contributed by atoms with Crippen molar-refractivity contribution in [2.24, 2.45) is 0 Å². The van der Waals surface area contributed by atoms with E-state index in [4.69, 9.17) is 11.6 Å². The average molecular weight is 325 g/mol. The Balaban J connectivity index is 0.00000161. The summed E-state index contributed by atoms with van der Waals surface area (Å²) in [5.41, 5.74) is 3.10. The highest BCUT2D eigenvalue weighted by Crippen LogP contribution is 2.36. The van der Waals surface area contributed by atoms with Gasteiger partial charge in [-0.25, -0.2) is 0 Å². The molecule has 112 valence electrons. The lowest BCUT2D eigenvalue weighted by Gasteiger charge is -2.30. The van der Waals surface area contributed by atoms with Gasteiger partial charge in [-0.05, 0) is 23.8 Å². The Bertz CT molecular complexity index is 596. The van der Waals surface area contributed by atoms with Crippen LogP contribution in [-0.2, 0) is 0 Å². The summed E-state index contributed by atoms with van der Waals surface area (Å²) >= 11 is 6.59. The minimum Gasteiger partial charge on any atom is -0.508 e. The van der Waals surface area contributed by atoms with E-state index < -0.39 is 0 Å². The summed E-state index contributed by atoms with van der Waals surface area (Å²) < 4.78 is 0. The molecule has 0 saturated carbocycles. The first kappa shape index (κ1) is 16.0. The van der Waals surface area contributed by atoms with Crippen LogP contribution in [0, 0.1) is 0 Å². The van der Waals surface area contributed by atoms with Gasteiger partial charge in [0, 0.05) is 31.7 Å². The van der Waals surface area contributed by atoms with Gasteiger partial charge in [-0.15, -0.1) is 12.4 Å². The number of aromatic hydroxyl groups is 1. The average Bonchev–Trinajstić information content (AvgIpc) is 2.49. The topological polar surface area (TPSA) is 35.5 Å². The van der Waals surface area contributed by atoms with Crippen molar-refractivity contribution in [2.45, 2.75) is 0 Å². The largest absolute Gasteiger partial charge is 0.508 e. The molecule has 1 aliphatic rings. The fourth-order valence-electron chi connectivity index (χ4n) is 2.53. The highest BCUT2D eigenvalue weighted by Gasteiger charge is 2.16. The number of benzene rings is 2. The van der Waals surface area contributed by atoms with Crippen molar-refractivity contribution in [3.63, 3.8) is 0 Å². The summed E-state index contributed by atoms with van der Waals surface area (Å²) in [4.78, 5) is 2.31. The number of hydrogen-bond donors (Lipinski definition) is 2. The van der Waals surface area contributed by atoms with Crippen LogP contribution in [0.15, 0.2) is 42.5 Å². The predicted molar refractivity (Wildman–Crippen MR) is 90.9 cm³/mol. The summed E-state index contributed by atoms with van der Waals surface area (Å²) in [6.07, 6.45) is 0. The Labute approximate surface area is 136 Å². The molecule has 0 spiro atoms. The van der Waals surface area contributed by atoms with Gasteiger partial charge >= 0.3 is 0 Å². The smallest absolute Gasteiger partial charge is 0.115 e. The number of anilines is 1. The fraction of sp³-hybridized carbons (Fsp3) is 0.250. The standard InChI is InChI=1S/C16H17ClN2O.ClH/c17-16-14(12-4-6-13(20)7-5-12)2-1-3-15(16)19-10-8-18-9-11-19;/h1-7,18,20H,8-11H2;1H. The zero-order chi connectivity index (χ0) is 13.9. The van der Waals surface area contributed by atoms with Gasteiger partial charge in [0.05, 0.1) is 10.7 Å². The molecular formula is C16H18Cl2N2O. The van der Waals surface area contributed by atoms with E-state index in [1.165, 1.54) is 0 Å². The first-order chi connectivity index (χ1) is 9.75. The monoisotopic (exact) mass is 324 g/mol. The van der Waals surface area contributed by atoms with E-state index in [9.17, 15) is 5.11 Å². The second-order valence-corrected chi connectivity index (χ2v) is 5.30. The van der Waals surface area contributed by atoms with Crippen molar-refractivity contribution in [1.29, 1.82) is 0 Å². The number of nitrogens with zero attached hydrogens (tertiary/aromatic N) is 1. The molecule has 0 amide bonds. The molecule has 0 unspecified atom stereocenters. The van der Waals surface area contributed by atoms with Gasteiger partial charge in [0.2, 0.25) is 0 Å². The van der Waals surface area contributed by atoms with Crippen molar-refractivity contribution in [3.8, 4) is 16.9 Å². The number of nitrogens with one attached hydrogen (secondary N) is 1. The Morgan fingerprint density at radius 2 is 1.67 bits per heavy atom. The second kappa shape index (κ2) is 7.03. The molecule has 2 aromatic carbocycles. The number of hydrogen-bond acceptors (Lipinski definition) is 3. The van der Waals surface area contributed by atoms with Crippen LogP contribution in [0.2, 0.25) is 5.02 Å². The summed E-state index contributed by atoms with van der Waals surface area (Å²) in [7, 11) is 0. The first-order valence-electron chi connectivity index (χ1n) is 6.79. The van der Waals surface area contributed by atoms with E-state index >= 15 is 0 Å². The third-order valence-electron chi connectivity index (χ3n) is 3.61. The molecule has 1 heterocycles. The lowest BCUT2D eigenvalue weighted by molar-refractivity contribution is 0.475. The lowest BCUT2D eigenvalue weighted by Crippen LogP contribution is -2.43. The Kier molecular flexibility index (Phi) is 5.34. The van der Waals surface area contributed by atoms with Crippen LogP contribution in [0.5, 0.6) is 5.75 Å². The number of phenols is 1. The number of piperazine rings is 1. The van der Waals surface area contributed by atoms with E-state index in [1.807, 2.05) is 24.3 Å². The van der Waals surface area contributed by atoms with Gasteiger partial charge in [-0.1, -0.05) is 35.9 Å². The maximum Gasteiger partial charge on any atom is 0.115 e. The molecule has 1 saturated heterocycles. The Morgan fingerprint density at radius 1 is 1.00 bits per heavy atom. The van der Waals surface area contributed by atoms with Gasteiger partial charge in [-0.3, -0.25) is 0 Å². The molecule has 3 nitrogen and oxygen atoms in total. The summed E-state index contributed by atoms with van der Waals surface area (Å²) in [6, 6.07) is 13.3. The van der Waals surface area contributed by atoms with Gasteiger partial charge < -0.3 is 15.3 Å². The van der Waals surface area contributed by atoms with E-state index in [1.54, 1.807) is 12.1 Å². The highest BCUT2D eigenvalue weighted by atomic mass is 35.5. The Hall–Kier alpha value is -1.42. The molecule has 0 aliphatic carbocycles.